The summed E-state index contributed by atoms with van der Waals surface area (Å²) in [6.07, 6.45) is 10.7. The van der Waals surface area contributed by atoms with Crippen molar-refractivity contribution in [1.82, 2.24) is 0 Å². The molecule has 1 spiro atoms. The van der Waals surface area contributed by atoms with E-state index in [4.69, 9.17) is 4.74 Å². The van der Waals surface area contributed by atoms with Crippen LogP contribution in [0.5, 0.6) is 0 Å². The standard InChI is InChI=1S/C9H14O/c1-2-5-9(6-3-1)7-4-8-10-9/h1-2H,3-8H2/t9-/m1/s1. The number of hydrogen-bond acceptors (Lipinski definition) is 1. The molecule has 1 aliphatic carbocycles. The zero-order valence-electron chi connectivity index (χ0n) is 6.31. The summed E-state index contributed by atoms with van der Waals surface area (Å²) in [7, 11) is 0. The molecule has 0 bridgehead atoms. The SMILES string of the molecule is C1=CC[C@@]2(CC1)CCCO2. The van der Waals surface area contributed by atoms with Crippen LogP contribution in [0.1, 0.15) is 32.1 Å². The number of ether oxygens (including phenoxy) is 1. The molecule has 1 aliphatic heterocycles. The van der Waals surface area contributed by atoms with Crippen molar-refractivity contribution in [2.75, 3.05) is 6.61 Å². The number of rotatable bonds is 0. The van der Waals surface area contributed by atoms with Crippen LogP contribution in [0.2, 0.25) is 0 Å². The molecule has 0 saturated carbocycles. The zero-order chi connectivity index (χ0) is 6.86. The van der Waals surface area contributed by atoms with Crippen molar-refractivity contribution in [3.05, 3.63) is 12.2 Å². The van der Waals surface area contributed by atoms with Gasteiger partial charge >= 0.3 is 0 Å². The molecular formula is C9H14O. The van der Waals surface area contributed by atoms with E-state index < -0.39 is 0 Å². The first kappa shape index (κ1) is 6.41. The normalized spacial score (nSPS) is 39.2. The quantitative estimate of drug-likeness (QED) is 0.466. The Bertz CT molecular complexity index is 143. The Morgan fingerprint density at radius 1 is 1.20 bits per heavy atom. The van der Waals surface area contributed by atoms with Crippen molar-refractivity contribution in [1.29, 1.82) is 0 Å². The molecule has 0 aromatic rings. The highest BCUT2D eigenvalue weighted by Crippen LogP contribution is 2.36. The van der Waals surface area contributed by atoms with E-state index in [0.29, 0.717) is 0 Å². The molecule has 1 nitrogen and oxygen atoms in total. The van der Waals surface area contributed by atoms with E-state index in [1.165, 1.54) is 25.7 Å². The minimum absolute atomic E-state index is 0.286. The molecule has 0 amide bonds. The van der Waals surface area contributed by atoms with Crippen LogP contribution in [0.3, 0.4) is 0 Å². The molecule has 1 saturated heterocycles. The second-order valence-corrected chi connectivity index (χ2v) is 3.35. The molecular weight excluding hydrogens is 124 g/mol. The second-order valence-electron chi connectivity index (χ2n) is 3.35. The van der Waals surface area contributed by atoms with Crippen LogP contribution < -0.4 is 0 Å². The minimum Gasteiger partial charge on any atom is -0.375 e. The fraction of sp³-hybridized carbons (Fsp3) is 0.778. The summed E-state index contributed by atoms with van der Waals surface area (Å²) in [6.45, 7) is 0.994. The Morgan fingerprint density at radius 3 is 2.80 bits per heavy atom. The van der Waals surface area contributed by atoms with E-state index in [0.717, 1.165) is 13.0 Å². The summed E-state index contributed by atoms with van der Waals surface area (Å²) in [5.74, 6) is 0. The van der Waals surface area contributed by atoms with E-state index in [2.05, 4.69) is 12.2 Å². The highest BCUT2D eigenvalue weighted by atomic mass is 16.5. The average molecular weight is 138 g/mol. The van der Waals surface area contributed by atoms with Crippen LogP contribution in [0.25, 0.3) is 0 Å². The smallest absolute Gasteiger partial charge is 0.0720 e. The summed E-state index contributed by atoms with van der Waals surface area (Å²) >= 11 is 0. The molecule has 2 rings (SSSR count). The highest BCUT2D eigenvalue weighted by Gasteiger charge is 2.34. The lowest BCUT2D eigenvalue weighted by Gasteiger charge is -2.29. The molecule has 56 valence electrons. The van der Waals surface area contributed by atoms with E-state index in [1.54, 1.807) is 0 Å². The lowest BCUT2D eigenvalue weighted by Crippen LogP contribution is -2.28. The van der Waals surface area contributed by atoms with Gasteiger partial charge in [-0.05, 0) is 32.1 Å². The first-order valence-corrected chi connectivity index (χ1v) is 4.20. The van der Waals surface area contributed by atoms with Crippen molar-refractivity contribution in [3.8, 4) is 0 Å². The zero-order valence-corrected chi connectivity index (χ0v) is 6.31. The van der Waals surface area contributed by atoms with Gasteiger partial charge in [0, 0.05) is 6.61 Å². The Labute approximate surface area is 62.1 Å². The molecule has 0 aromatic carbocycles. The van der Waals surface area contributed by atoms with Crippen molar-refractivity contribution in [3.63, 3.8) is 0 Å². The number of hydrogen-bond donors (Lipinski definition) is 0. The van der Waals surface area contributed by atoms with Crippen LogP contribution in [0, 0.1) is 0 Å². The monoisotopic (exact) mass is 138 g/mol. The molecule has 1 atom stereocenters. The third-order valence-corrected chi connectivity index (χ3v) is 2.61. The van der Waals surface area contributed by atoms with E-state index in [9.17, 15) is 0 Å². The lowest BCUT2D eigenvalue weighted by molar-refractivity contribution is -0.00253. The van der Waals surface area contributed by atoms with Gasteiger partial charge in [-0.25, -0.2) is 0 Å². The Kier molecular flexibility index (Phi) is 1.53. The van der Waals surface area contributed by atoms with E-state index in [-0.39, 0.29) is 5.60 Å². The van der Waals surface area contributed by atoms with Crippen LogP contribution >= 0.6 is 0 Å². The Morgan fingerprint density at radius 2 is 2.20 bits per heavy atom. The first-order valence-electron chi connectivity index (χ1n) is 4.20. The first-order chi connectivity index (χ1) is 4.91. The second kappa shape index (κ2) is 2.39. The molecule has 0 unspecified atom stereocenters. The van der Waals surface area contributed by atoms with Crippen LogP contribution in [0.4, 0.5) is 0 Å². The van der Waals surface area contributed by atoms with Gasteiger partial charge in [-0.3, -0.25) is 0 Å². The van der Waals surface area contributed by atoms with Gasteiger partial charge in [0.15, 0.2) is 0 Å². The average Bonchev–Trinajstić information content (AvgIpc) is 2.39. The molecule has 0 N–H and O–H groups in total. The van der Waals surface area contributed by atoms with Gasteiger partial charge < -0.3 is 4.74 Å². The largest absolute Gasteiger partial charge is 0.375 e. The Balaban J connectivity index is 2.06. The lowest BCUT2D eigenvalue weighted by atomic mass is 9.87. The predicted molar refractivity (Wildman–Crippen MR) is 40.9 cm³/mol. The third-order valence-electron chi connectivity index (χ3n) is 2.61. The fourth-order valence-corrected chi connectivity index (χ4v) is 1.98. The van der Waals surface area contributed by atoms with Crippen LogP contribution in [-0.2, 0) is 4.74 Å². The molecule has 0 aromatic heterocycles. The van der Waals surface area contributed by atoms with Gasteiger partial charge in [-0.2, -0.15) is 0 Å². The summed E-state index contributed by atoms with van der Waals surface area (Å²) in [5, 5.41) is 0. The summed E-state index contributed by atoms with van der Waals surface area (Å²) in [6, 6.07) is 0. The fourth-order valence-electron chi connectivity index (χ4n) is 1.98. The maximum atomic E-state index is 5.73. The summed E-state index contributed by atoms with van der Waals surface area (Å²) in [4.78, 5) is 0. The Hall–Kier alpha value is -0.300. The topological polar surface area (TPSA) is 9.23 Å². The third kappa shape index (κ3) is 0.988. The number of allylic oxidation sites excluding steroid dienone is 1. The molecule has 2 aliphatic rings. The summed E-state index contributed by atoms with van der Waals surface area (Å²) < 4.78 is 5.73. The van der Waals surface area contributed by atoms with Crippen molar-refractivity contribution >= 4 is 0 Å². The maximum Gasteiger partial charge on any atom is 0.0720 e. The molecule has 1 heterocycles. The van der Waals surface area contributed by atoms with Gasteiger partial charge in [0.25, 0.3) is 0 Å². The van der Waals surface area contributed by atoms with Gasteiger partial charge in [0.2, 0.25) is 0 Å². The van der Waals surface area contributed by atoms with E-state index >= 15 is 0 Å². The molecule has 1 fully saturated rings. The van der Waals surface area contributed by atoms with Crippen molar-refractivity contribution in [2.24, 2.45) is 0 Å². The van der Waals surface area contributed by atoms with Gasteiger partial charge in [0.05, 0.1) is 5.60 Å². The van der Waals surface area contributed by atoms with Gasteiger partial charge in [0.1, 0.15) is 0 Å². The summed E-state index contributed by atoms with van der Waals surface area (Å²) in [5.41, 5.74) is 0.286. The molecule has 1 heteroatoms. The van der Waals surface area contributed by atoms with Gasteiger partial charge in [-0.15, -0.1) is 0 Å². The van der Waals surface area contributed by atoms with E-state index in [1.807, 2.05) is 0 Å². The van der Waals surface area contributed by atoms with Gasteiger partial charge in [-0.1, -0.05) is 12.2 Å². The van der Waals surface area contributed by atoms with Crippen molar-refractivity contribution in [2.45, 2.75) is 37.7 Å². The predicted octanol–water partition coefficient (Wildman–Crippen LogP) is 2.28. The van der Waals surface area contributed by atoms with Crippen LogP contribution in [-0.4, -0.2) is 12.2 Å². The minimum atomic E-state index is 0.286. The molecule has 10 heavy (non-hydrogen) atoms. The van der Waals surface area contributed by atoms with Crippen LogP contribution in [0.15, 0.2) is 12.2 Å². The molecule has 0 radical (unpaired) electrons. The maximum absolute atomic E-state index is 5.73. The van der Waals surface area contributed by atoms with Crippen molar-refractivity contribution < 1.29 is 4.74 Å². The highest BCUT2D eigenvalue weighted by molar-refractivity contribution is 5.00.